The lowest BCUT2D eigenvalue weighted by molar-refractivity contribution is 0.588. The maximum atomic E-state index is 12.3. The van der Waals surface area contributed by atoms with Crippen molar-refractivity contribution < 1.29 is 8.42 Å². The number of aryl methyl sites for hydroxylation is 1. The number of hydrogen-bond acceptors (Lipinski definition) is 3. The molecule has 142 valence electrons. The number of hydrogen-bond donors (Lipinski definition) is 1. The van der Waals surface area contributed by atoms with Gasteiger partial charge in [-0.25, -0.2) is 18.1 Å². The van der Waals surface area contributed by atoms with Crippen LogP contribution >= 0.6 is 0 Å². The van der Waals surface area contributed by atoms with Crippen LogP contribution in [0.25, 0.3) is 11.3 Å². The lowest BCUT2D eigenvalue weighted by Crippen LogP contribution is -2.18. The predicted molar refractivity (Wildman–Crippen MR) is 108 cm³/mol. The van der Waals surface area contributed by atoms with Crippen molar-refractivity contribution in [2.75, 3.05) is 7.05 Å². The van der Waals surface area contributed by atoms with Gasteiger partial charge in [0.2, 0.25) is 10.0 Å². The zero-order valence-corrected chi connectivity index (χ0v) is 16.7. The van der Waals surface area contributed by atoms with E-state index >= 15 is 0 Å². The number of nitrogens with zero attached hydrogens (tertiary/aromatic N) is 2. The second-order valence-corrected chi connectivity index (χ2v) is 8.56. The summed E-state index contributed by atoms with van der Waals surface area (Å²) in [4.78, 5) is 4.70. The second-order valence-electron chi connectivity index (χ2n) is 6.67. The fourth-order valence-electron chi connectivity index (χ4n) is 3.30. The topological polar surface area (TPSA) is 64.0 Å². The van der Waals surface area contributed by atoms with Crippen LogP contribution in [0.4, 0.5) is 0 Å². The van der Waals surface area contributed by atoms with Gasteiger partial charge in [0.05, 0.1) is 16.9 Å². The van der Waals surface area contributed by atoms with E-state index in [2.05, 4.69) is 40.9 Å². The third-order valence-corrected chi connectivity index (χ3v) is 6.28. The summed E-state index contributed by atoms with van der Waals surface area (Å²) in [5, 5.41) is 0. The highest BCUT2D eigenvalue weighted by molar-refractivity contribution is 7.89. The molecule has 1 heterocycles. The number of benzene rings is 2. The van der Waals surface area contributed by atoms with Gasteiger partial charge in [-0.1, -0.05) is 43.3 Å². The third-order valence-electron chi connectivity index (χ3n) is 4.87. The summed E-state index contributed by atoms with van der Waals surface area (Å²) in [6.07, 6.45) is 5.47. The van der Waals surface area contributed by atoms with E-state index in [9.17, 15) is 8.42 Å². The van der Waals surface area contributed by atoms with Crippen LogP contribution in [-0.2, 0) is 23.5 Å². The molecule has 2 aromatic carbocycles. The van der Waals surface area contributed by atoms with Crippen LogP contribution in [0.15, 0.2) is 66.0 Å². The van der Waals surface area contributed by atoms with E-state index in [-0.39, 0.29) is 4.90 Å². The highest BCUT2D eigenvalue weighted by atomic mass is 32.2. The molecule has 1 aromatic heterocycles. The average molecular weight is 384 g/mol. The number of rotatable bonds is 7. The lowest BCUT2D eigenvalue weighted by atomic mass is 9.88. The molecule has 0 amide bonds. The minimum atomic E-state index is -3.51. The number of imidazole rings is 1. The molecule has 1 atom stereocenters. The van der Waals surface area contributed by atoms with Gasteiger partial charge < -0.3 is 4.57 Å². The normalized spacial score (nSPS) is 12.9. The molecule has 3 aromatic rings. The molecular formula is C21H25N3O2S. The van der Waals surface area contributed by atoms with Crippen molar-refractivity contribution in [3.63, 3.8) is 0 Å². The molecule has 0 fully saturated rings. The van der Waals surface area contributed by atoms with Crippen molar-refractivity contribution in [1.82, 2.24) is 14.3 Å². The largest absolute Gasteiger partial charge is 0.340 e. The van der Waals surface area contributed by atoms with Crippen LogP contribution < -0.4 is 4.72 Å². The Bertz CT molecular complexity index is 1010. The number of sulfonamides is 1. The first-order valence-electron chi connectivity index (χ1n) is 9.04. The minimum absolute atomic E-state index is 0.252. The minimum Gasteiger partial charge on any atom is -0.340 e. The van der Waals surface area contributed by atoms with E-state index in [1.807, 2.05) is 29.9 Å². The van der Waals surface area contributed by atoms with Crippen molar-refractivity contribution in [3.05, 3.63) is 72.2 Å². The Hall–Kier alpha value is -2.44. The maximum Gasteiger partial charge on any atom is 0.240 e. The molecule has 1 N–H and O–H groups in total. The molecule has 3 rings (SSSR count). The molecule has 0 unspecified atom stereocenters. The first-order valence-corrected chi connectivity index (χ1v) is 10.5. The van der Waals surface area contributed by atoms with Gasteiger partial charge in [-0.05, 0) is 49.1 Å². The maximum absolute atomic E-state index is 12.3. The van der Waals surface area contributed by atoms with Gasteiger partial charge >= 0.3 is 0 Å². The Kier molecular flexibility index (Phi) is 5.77. The molecule has 0 spiro atoms. The second kappa shape index (κ2) is 8.06. The van der Waals surface area contributed by atoms with Gasteiger partial charge in [0.1, 0.15) is 0 Å². The predicted octanol–water partition coefficient (Wildman–Crippen LogP) is 3.73. The van der Waals surface area contributed by atoms with Crippen molar-refractivity contribution in [2.45, 2.75) is 30.6 Å². The van der Waals surface area contributed by atoms with E-state index in [4.69, 9.17) is 0 Å². The van der Waals surface area contributed by atoms with E-state index < -0.39 is 10.0 Å². The molecular weight excluding hydrogens is 358 g/mol. The Morgan fingerprint density at radius 3 is 2.48 bits per heavy atom. The van der Waals surface area contributed by atoms with Crippen molar-refractivity contribution in [3.8, 4) is 11.3 Å². The summed E-state index contributed by atoms with van der Waals surface area (Å²) in [5.41, 5.74) is 4.03. The first-order chi connectivity index (χ1) is 12.9. The Morgan fingerprint density at radius 1 is 1.15 bits per heavy atom. The van der Waals surface area contributed by atoms with Crippen molar-refractivity contribution >= 4 is 10.0 Å². The lowest BCUT2D eigenvalue weighted by Gasteiger charge is -2.18. The van der Waals surface area contributed by atoms with Crippen molar-refractivity contribution in [1.29, 1.82) is 0 Å². The molecule has 0 aliphatic rings. The van der Waals surface area contributed by atoms with E-state index in [0.717, 1.165) is 29.7 Å². The molecule has 6 heteroatoms. The van der Waals surface area contributed by atoms with Crippen LogP contribution in [0, 0.1) is 0 Å². The van der Waals surface area contributed by atoms with Crippen LogP contribution in [0.1, 0.15) is 30.4 Å². The molecule has 0 radical (unpaired) electrons. The Labute approximate surface area is 161 Å². The molecule has 27 heavy (non-hydrogen) atoms. The zero-order valence-electron chi connectivity index (χ0n) is 15.9. The average Bonchev–Trinajstić information content (AvgIpc) is 3.13. The van der Waals surface area contributed by atoms with Crippen LogP contribution in [0.3, 0.4) is 0 Å². The highest BCUT2D eigenvalue weighted by Gasteiger charge is 2.19. The summed E-state index contributed by atoms with van der Waals surface area (Å²) in [5.74, 6) is 0.361. The summed E-state index contributed by atoms with van der Waals surface area (Å²) in [6, 6.07) is 15.7. The molecule has 0 aliphatic heterocycles. The first kappa shape index (κ1) is 19.3. The molecule has 0 saturated carbocycles. The molecule has 5 nitrogen and oxygen atoms in total. The highest BCUT2D eigenvalue weighted by Crippen LogP contribution is 2.31. The van der Waals surface area contributed by atoms with Crippen molar-refractivity contribution in [2.24, 2.45) is 7.05 Å². The summed E-state index contributed by atoms with van der Waals surface area (Å²) < 4.78 is 28.8. The molecule has 0 saturated heterocycles. The van der Waals surface area contributed by atoms with Gasteiger partial charge in [0.25, 0.3) is 0 Å². The van der Waals surface area contributed by atoms with Crippen LogP contribution in [0.5, 0.6) is 0 Å². The molecule has 0 bridgehead atoms. The SMILES string of the molecule is CC[C@H](Cc1ccc(S(=O)(=O)NC)cc1-c1cn(C)cn1)c1ccccc1. The summed E-state index contributed by atoms with van der Waals surface area (Å²) >= 11 is 0. The number of nitrogens with one attached hydrogen (secondary N) is 1. The molecule has 0 aliphatic carbocycles. The smallest absolute Gasteiger partial charge is 0.240 e. The van der Waals surface area contributed by atoms with Gasteiger partial charge in [0.15, 0.2) is 0 Å². The zero-order chi connectivity index (χ0) is 19.4. The van der Waals surface area contributed by atoms with Gasteiger partial charge in [-0.3, -0.25) is 0 Å². The number of aromatic nitrogens is 2. The van der Waals surface area contributed by atoms with Gasteiger partial charge in [-0.15, -0.1) is 0 Å². The Balaban J connectivity index is 2.06. The Morgan fingerprint density at radius 2 is 1.89 bits per heavy atom. The monoisotopic (exact) mass is 383 g/mol. The standard InChI is InChI=1S/C21H25N3O2S/c1-4-16(17-8-6-5-7-9-17)12-18-10-11-19(27(25,26)22-2)13-20(18)21-14-24(3)15-23-21/h5-11,13-16,22H,4,12H2,1-3H3/t16-/m1/s1. The van der Waals surface area contributed by atoms with Gasteiger partial charge in [-0.2, -0.15) is 0 Å². The van der Waals surface area contributed by atoms with E-state index in [1.54, 1.807) is 18.5 Å². The summed E-state index contributed by atoms with van der Waals surface area (Å²) in [7, 11) is -0.181. The van der Waals surface area contributed by atoms with Crippen LogP contribution in [-0.4, -0.2) is 25.0 Å². The van der Waals surface area contributed by atoms with Crippen LogP contribution in [0.2, 0.25) is 0 Å². The summed E-state index contributed by atoms with van der Waals surface area (Å²) in [6.45, 7) is 2.18. The third kappa shape index (κ3) is 4.28. The van der Waals surface area contributed by atoms with E-state index in [0.29, 0.717) is 5.92 Å². The fraction of sp³-hybridized carbons (Fsp3) is 0.286. The van der Waals surface area contributed by atoms with Gasteiger partial charge in [0, 0.05) is 18.8 Å². The van der Waals surface area contributed by atoms with E-state index in [1.165, 1.54) is 12.6 Å². The fourth-order valence-corrected chi connectivity index (χ4v) is 4.05. The quantitative estimate of drug-likeness (QED) is 0.676.